The predicted octanol–water partition coefficient (Wildman–Crippen LogP) is -2.04. The summed E-state index contributed by atoms with van der Waals surface area (Å²) in [5.74, 6) is -4.17. The van der Waals surface area contributed by atoms with E-state index in [-0.39, 0.29) is 43.9 Å². The lowest BCUT2D eigenvalue weighted by atomic mass is 10.0. The van der Waals surface area contributed by atoms with E-state index in [9.17, 15) is 38.4 Å². The van der Waals surface area contributed by atoms with Crippen LogP contribution in [0.4, 0.5) is 0 Å². The van der Waals surface area contributed by atoms with Crippen molar-refractivity contribution < 1.29 is 38.4 Å². The first-order valence-corrected chi connectivity index (χ1v) is 23.7. The number of rotatable bonds is 34. The molecule has 0 radical (unpaired) electrons. The number of likely N-dealkylation sites (tertiary alicyclic amines) is 1. The number of carbonyl (C=O) groups excluding carboxylic acids is 8. The summed E-state index contributed by atoms with van der Waals surface area (Å²) in [6.07, 6.45) is 9.86. The van der Waals surface area contributed by atoms with Crippen molar-refractivity contribution in [3.8, 4) is 0 Å². The first-order chi connectivity index (χ1) is 31.6. The number of carbonyl (C=O) groups is 8. The number of nitrogens with zero attached hydrogens (tertiary/aromatic N) is 2. The molecular formula is C44H80N14O8. The minimum atomic E-state index is -1.27. The second kappa shape index (κ2) is 31.8. The van der Waals surface area contributed by atoms with Crippen molar-refractivity contribution in [1.29, 1.82) is 0 Å². The molecule has 2 heterocycles. The zero-order valence-electron chi connectivity index (χ0n) is 39.3. The van der Waals surface area contributed by atoms with E-state index in [1.807, 2.05) is 13.8 Å². The summed E-state index contributed by atoms with van der Waals surface area (Å²) < 4.78 is 0. The van der Waals surface area contributed by atoms with E-state index in [0.717, 1.165) is 0 Å². The van der Waals surface area contributed by atoms with Gasteiger partial charge >= 0.3 is 0 Å². The molecule has 22 heteroatoms. The largest absolute Gasteiger partial charge is 0.348 e. The zero-order chi connectivity index (χ0) is 49.0. The van der Waals surface area contributed by atoms with Crippen LogP contribution in [0.2, 0.25) is 0 Å². The number of hydrogen-bond donors (Lipinski definition) is 12. The molecule has 7 amide bonds. The van der Waals surface area contributed by atoms with Crippen LogP contribution in [0.15, 0.2) is 12.5 Å². The molecule has 0 aromatic carbocycles. The summed E-state index contributed by atoms with van der Waals surface area (Å²) in [5.41, 5.74) is 29.2. The summed E-state index contributed by atoms with van der Waals surface area (Å²) in [6, 6.07) is -8.13. The van der Waals surface area contributed by atoms with E-state index in [0.29, 0.717) is 115 Å². The highest BCUT2D eigenvalue weighted by Gasteiger charge is 2.38. The van der Waals surface area contributed by atoms with Gasteiger partial charge in [0.05, 0.1) is 18.4 Å². The Labute approximate surface area is 389 Å². The van der Waals surface area contributed by atoms with Crippen molar-refractivity contribution in [1.82, 2.24) is 46.8 Å². The molecule has 66 heavy (non-hydrogen) atoms. The highest BCUT2D eigenvalue weighted by atomic mass is 16.2. The van der Waals surface area contributed by atoms with E-state index >= 15 is 0 Å². The fourth-order valence-electron chi connectivity index (χ4n) is 7.70. The molecule has 0 aliphatic carbocycles. The van der Waals surface area contributed by atoms with E-state index in [2.05, 4.69) is 41.9 Å². The smallest absolute Gasteiger partial charge is 0.243 e. The first-order valence-electron chi connectivity index (χ1n) is 23.7. The molecule has 1 fully saturated rings. The molecule has 2 rings (SSSR count). The zero-order valence-corrected chi connectivity index (χ0v) is 39.3. The van der Waals surface area contributed by atoms with Gasteiger partial charge in [0.2, 0.25) is 41.4 Å². The van der Waals surface area contributed by atoms with Crippen LogP contribution in [0.3, 0.4) is 0 Å². The first kappa shape index (κ1) is 57.1. The fourth-order valence-corrected chi connectivity index (χ4v) is 7.70. The average Bonchev–Trinajstić information content (AvgIpc) is 4.00. The van der Waals surface area contributed by atoms with Crippen LogP contribution in [-0.4, -0.2) is 144 Å². The van der Waals surface area contributed by atoms with E-state index < -0.39 is 83.8 Å². The Hall–Kier alpha value is -5.03. The van der Waals surface area contributed by atoms with Gasteiger partial charge in [-0.15, -0.1) is 0 Å². The Morgan fingerprint density at radius 3 is 1.58 bits per heavy atom. The minimum absolute atomic E-state index is 0.0262. The predicted molar refractivity (Wildman–Crippen MR) is 249 cm³/mol. The van der Waals surface area contributed by atoms with Gasteiger partial charge in [-0.25, -0.2) is 4.98 Å². The van der Waals surface area contributed by atoms with Gasteiger partial charge in [0.15, 0.2) is 0 Å². The van der Waals surface area contributed by atoms with E-state index in [4.69, 9.17) is 28.7 Å². The lowest BCUT2D eigenvalue weighted by Gasteiger charge is -2.29. The Bertz CT molecular complexity index is 1650. The molecule has 0 bridgehead atoms. The summed E-state index contributed by atoms with van der Waals surface area (Å²) in [6.45, 7) is 7.11. The summed E-state index contributed by atoms with van der Waals surface area (Å²) in [7, 11) is 0. The molecular weight excluding hydrogens is 853 g/mol. The van der Waals surface area contributed by atoms with Crippen molar-refractivity contribution >= 4 is 47.6 Å². The molecule has 8 atom stereocenters. The summed E-state index contributed by atoms with van der Waals surface area (Å²) in [4.78, 5) is 117. The average molecular weight is 933 g/mol. The third kappa shape index (κ3) is 20.6. The van der Waals surface area contributed by atoms with Gasteiger partial charge < -0.3 is 75.2 Å². The molecule has 0 spiro atoms. The second-order valence-electron chi connectivity index (χ2n) is 17.6. The molecule has 1 aromatic heterocycles. The molecule has 17 N–H and O–H groups in total. The van der Waals surface area contributed by atoms with Crippen LogP contribution in [0.25, 0.3) is 0 Å². The minimum Gasteiger partial charge on any atom is -0.348 e. The van der Waals surface area contributed by atoms with Gasteiger partial charge in [-0.2, -0.15) is 0 Å². The van der Waals surface area contributed by atoms with Gasteiger partial charge in [0, 0.05) is 24.9 Å². The Balaban J connectivity index is 2.39. The van der Waals surface area contributed by atoms with Crippen LogP contribution in [0.1, 0.15) is 123 Å². The van der Waals surface area contributed by atoms with Crippen molar-refractivity contribution in [2.24, 2.45) is 34.6 Å². The van der Waals surface area contributed by atoms with Gasteiger partial charge in [0.1, 0.15) is 42.5 Å². The monoisotopic (exact) mass is 933 g/mol. The lowest BCUT2D eigenvalue weighted by Crippen LogP contribution is -2.60. The third-order valence-corrected chi connectivity index (χ3v) is 11.4. The van der Waals surface area contributed by atoms with Crippen molar-refractivity contribution in [2.45, 2.75) is 172 Å². The van der Waals surface area contributed by atoms with Crippen molar-refractivity contribution in [3.63, 3.8) is 0 Å². The number of nitrogens with two attached hydrogens (primary N) is 5. The number of aromatic amines is 1. The standard InChI is InChI=1S/C44H80N14O8/c1-28(2)23-35(41(63)52-30(26-59)13-4-8-18-45)56-39(61)33(15-6-10-20-47)53-38(60)32(14-5-9-19-46)54-42(64)36(24-31-25-50-27-51-31)57-40(62)34(16-7-11-21-48)55-43(65)37-17-12-22-58(37)44(66)29(3)49/h25-30,32-37H,4-24,45-49H2,1-3H3,(H,50,51)(H,52,63)(H,53,60)(H,54,64)(H,55,65)(H,56,61)(H,57,62)/t29-,30-,32-,33-,34-,35-,36-,37-/m0/s1. The third-order valence-electron chi connectivity index (χ3n) is 11.4. The molecule has 22 nitrogen and oxygen atoms in total. The van der Waals surface area contributed by atoms with Crippen LogP contribution in [-0.2, 0) is 44.8 Å². The van der Waals surface area contributed by atoms with Crippen molar-refractivity contribution in [2.75, 3.05) is 32.7 Å². The molecule has 1 aliphatic rings. The number of aromatic nitrogens is 2. The molecule has 374 valence electrons. The maximum Gasteiger partial charge on any atom is 0.243 e. The number of hydrogen-bond acceptors (Lipinski definition) is 14. The van der Waals surface area contributed by atoms with Crippen molar-refractivity contribution in [3.05, 3.63) is 18.2 Å². The molecule has 0 saturated carbocycles. The normalized spacial score (nSPS) is 16.8. The highest BCUT2D eigenvalue weighted by molar-refractivity contribution is 5.97. The number of aldehydes is 1. The van der Waals surface area contributed by atoms with Crippen LogP contribution < -0.4 is 60.6 Å². The van der Waals surface area contributed by atoms with Crippen LogP contribution in [0, 0.1) is 5.92 Å². The highest BCUT2D eigenvalue weighted by Crippen LogP contribution is 2.19. The van der Waals surface area contributed by atoms with Gasteiger partial charge in [0.25, 0.3) is 0 Å². The fraction of sp³-hybridized carbons (Fsp3) is 0.750. The number of nitrogens with one attached hydrogen (secondary N) is 7. The number of imidazole rings is 1. The van der Waals surface area contributed by atoms with Gasteiger partial charge in [-0.3, -0.25) is 33.6 Å². The SMILES string of the molecule is CC(C)C[C@H](NC(=O)[C@H](CCCCN)NC(=O)[C@H](CCCCN)NC(=O)[C@H](Cc1cnc[nH]1)NC(=O)[C@H](CCCCN)NC(=O)[C@@H]1CCCN1C(=O)[C@H](C)N)C(=O)N[C@H](C=O)CCCCN. The lowest BCUT2D eigenvalue weighted by molar-refractivity contribution is -0.140. The van der Waals surface area contributed by atoms with Gasteiger partial charge in [-0.05, 0) is 135 Å². The Morgan fingerprint density at radius 1 is 0.667 bits per heavy atom. The maximum absolute atomic E-state index is 14.3. The van der Waals surface area contributed by atoms with E-state index in [1.165, 1.54) is 17.4 Å². The quantitative estimate of drug-likeness (QED) is 0.0262. The Kier molecular flexibility index (Phi) is 27.5. The van der Waals surface area contributed by atoms with E-state index in [1.54, 1.807) is 6.92 Å². The number of H-pyrrole nitrogens is 1. The summed E-state index contributed by atoms with van der Waals surface area (Å²) >= 11 is 0. The Morgan fingerprint density at radius 2 is 1.12 bits per heavy atom. The second-order valence-corrected chi connectivity index (χ2v) is 17.6. The molecule has 1 aromatic rings. The topological polar surface area (TPSA) is 371 Å². The molecule has 1 aliphatic heterocycles. The summed E-state index contributed by atoms with van der Waals surface area (Å²) in [5, 5.41) is 16.7. The molecule has 0 unspecified atom stereocenters. The number of unbranched alkanes of at least 4 members (excludes halogenated alkanes) is 4. The maximum atomic E-state index is 14.3. The van der Waals surface area contributed by atoms with Crippen LogP contribution in [0.5, 0.6) is 0 Å². The number of amides is 7. The van der Waals surface area contributed by atoms with Crippen LogP contribution >= 0.6 is 0 Å². The van der Waals surface area contributed by atoms with Gasteiger partial charge in [-0.1, -0.05) is 13.8 Å². The molecule has 1 saturated heterocycles.